The second kappa shape index (κ2) is 4.31. The molecule has 5 nitrogen and oxygen atoms in total. The zero-order valence-electron chi connectivity index (χ0n) is 11.5. The van der Waals surface area contributed by atoms with Crippen LogP contribution >= 0.6 is 0 Å². The number of hydrogen-bond acceptors (Lipinski definition) is 3. The Bertz CT molecular complexity index is 715. The van der Waals surface area contributed by atoms with Gasteiger partial charge < -0.3 is 9.88 Å². The van der Waals surface area contributed by atoms with E-state index in [9.17, 15) is 4.79 Å². The minimum absolute atomic E-state index is 0.121. The largest absolute Gasteiger partial charge is 0.316 e. The van der Waals surface area contributed by atoms with Gasteiger partial charge in [0.25, 0.3) is 5.56 Å². The first kappa shape index (κ1) is 11.9. The number of rotatable bonds is 1. The van der Waals surface area contributed by atoms with Crippen molar-refractivity contribution >= 4 is 0 Å². The van der Waals surface area contributed by atoms with E-state index < -0.39 is 0 Å². The van der Waals surface area contributed by atoms with E-state index in [1.54, 1.807) is 12.3 Å². The number of nitrogens with zero attached hydrogens (tertiary/aromatic N) is 3. The van der Waals surface area contributed by atoms with Crippen LogP contribution in [0, 0.1) is 5.92 Å². The van der Waals surface area contributed by atoms with Crippen LogP contribution in [0.15, 0.2) is 29.2 Å². The van der Waals surface area contributed by atoms with Crippen LogP contribution in [-0.2, 0) is 13.6 Å². The SMILES string of the molecule is Cn1nccc1-c1cc2n(c(=O)c1)C[C@@H]1CNC[C@H]2C1. The van der Waals surface area contributed by atoms with Crippen molar-refractivity contribution in [3.8, 4) is 11.3 Å². The van der Waals surface area contributed by atoms with E-state index >= 15 is 0 Å². The summed E-state index contributed by atoms with van der Waals surface area (Å²) in [5.74, 6) is 1.06. The smallest absolute Gasteiger partial charge is 0.251 e. The van der Waals surface area contributed by atoms with Gasteiger partial charge in [0, 0.05) is 49.6 Å². The summed E-state index contributed by atoms with van der Waals surface area (Å²) < 4.78 is 3.79. The molecule has 2 aromatic heterocycles. The minimum atomic E-state index is 0.121. The number of piperidine rings is 1. The van der Waals surface area contributed by atoms with Gasteiger partial charge in [-0.05, 0) is 31.0 Å². The van der Waals surface area contributed by atoms with Gasteiger partial charge in [0.15, 0.2) is 0 Å². The summed E-state index contributed by atoms with van der Waals surface area (Å²) in [6.07, 6.45) is 2.96. The van der Waals surface area contributed by atoms with Crippen LogP contribution in [0.5, 0.6) is 0 Å². The molecule has 0 saturated carbocycles. The quantitative estimate of drug-likeness (QED) is 0.839. The summed E-state index contributed by atoms with van der Waals surface area (Å²) >= 11 is 0. The highest BCUT2D eigenvalue weighted by molar-refractivity contribution is 5.59. The van der Waals surface area contributed by atoms with Gasteiger partial charge >= 0.3 is 0 Å². The van der Waals surface area contributed by atoms with E-state index in [0.717, 1.165) is 30.9 Å². The molecule has 20 heavy (non-hydrogen) atoms. The van der Waals surface area contributed by atoms with Crippen LogP contribution in [0.3, 0.4) is 0 Å². The molecule has 4 rings (SSSR count). The predicted octanol–water partition coefficient (Wildman–Crippen LogP) is 0.955. The van der Waals surface area contributed by atoms with E-state index in [0.29, 0.717) is 11.8 Å². The summed E-state index contributed by atoms with van der Waals surface area (Å²) in [7, 11) is 1.91. The van der Waals surface area contributed by atoms with Gasteiger partial charge in [0.05, 0.1) is 5.69 Å². The third-order valence-corrected chi connectivity index (χ3v) is 4.58. The van der Waals surface area contributed by atoms with Gasteiger partial charge in [0.1, 0.15) is 0 Å². The second-order valence-electron chi connectivity index (χ2n) is 5.91. The summed E-state index contributed by atoms with van der Waals surface area (Å²) in [4.78, 5) is 12.4. The van der Waals surface area contributed by atoms with Crippen LogP contribution in [0.1, 0.15) is 18.0 Å². The fraction of sp³-hybridized carbons (Fsp3) is 0.467. The van der Waals surface area contributed by atoms with Crippen molar-refractivity contribution in [1.29, 1.82) is 0 Å². The molecule has 0 unspecified atom stereocenters. The Morgan fingerprint density at radius 1 is 1.35 bits per heavy atom. The lowest BCUT2D eigenvalue weighted by Gasteiger charge is -2.37. The van der Waals surface area contributed by atoms with Crippen LogP contribution in [0.4, 0.5) is 0 Å². The first-order valence-corrected chi connectivity index (χ1v) is 7.16. The molecule has 5 heteroatoms. The number of fused-ring (bicyclic) bond motifs is 4. The van der Waals surface area contributed by atoms with E-state index in [2.05, 4.69) is 16.5 Å². The lowest BCUT2D eigenvalue weighted by atomic mass is 9.83. The first-order valence-electron chi connectivity index (χ1n) is 7.16. The zero-order chi connectivity index (χ0) is 13.7. The third kappa shape index (κ3) is 1.73. The van der Waals surface area contributed by atoms with Crippen LogP contribution < -0.4 is 10.9 Å². The van der Waals surface area contributed by atoms with Crippen molar-refractivity contribution in [3.63, 3.8) is 0 Å². The van der Waals surface area contributed by atoms with Gasteiger partial charge in [-0.2, -0.15) is 5.10 Å². The molecular weight excluding hydrogens is 252 g/mol. The minimum Gasteiger partial charge on any atom is -0.316 e. The van der Waals surface area contributed by atoms with Crippen molar-refractivity contribution in [2.24, 2.45) is 13.0 Å². The maximum absolute atomic E-state index is 12.4. The standard InChI is InChI=1S/C15H18N4O/c1-18-13(2-3-17-18)11-5-14-12-4-10(7-16-8-12)9-19(14)15(20)6-11/h2-3,5-6,10,12,16H,4,7-9H2,1H3/t10-,12+/m0/s1. The number of nitrogens with one attached hydrogen (secondary N) is 1. The second-order valence-corrected chi connectivity index (χ2v) is 5.91. The molecule has 2 aromatic rings. The van der Waals surface area contributed by atoms with Gasteiger partial charge in [-0.25, -0.2) is 0 Å². The molecular formula is C15H18N4O. The van der Waals surface area contributed by atoms with Crippen LogP contribution in [0.2, 0.25) is 0 Å². The van der Waals surface area contributed by atoms with Crippen molar-refractivity contribution in [3.05, 3.63) is 40.4 Å². The summed E-state index contributed by atoms with van der Waals surface area (Å²) in [5.41, 5.74) is 3.27. The molecule has 2 atom stereocenters. The monoisotopic (exact) mass is 270 g/mol. The third-order valence-electron chi connectivity index (χ3n) is 4.58. The molecule has 0 radical (unpaired) electrons. The highest BCUT2D eigenvalue weighted by Gasteiger charge is 2.31. The Kier molecular flexibility index (Phi) is 2.57. The fourth-order valence-corrected chi connectivity index (χ4v) is 3.61. The van der Waals surface area contributed by atoms with E-state index in [4.69, 9.17) is 0 Å². The summed E-state index contributed by atoms with van der Waals surface area (Å²) in [6, 6.07) is 5.87. The van der Waals surface area contributed by atoms with Crippen molar-refractivity contribution in [2.45, 2.75) is 18.9 Å². The predicted molar refractivity (Wildman–Crippen MR) is 76.6 cm³/mol. The lowest BCUT2D eigenvalue weighted by Crippen LogP contribution is -2.44. The topological polar surface area (TPSA) is 51.9 Å². The Morgan fingerprint density at radius 3 is 3.05 bits per heavy atom. The van der Waals surface area contributed by atoms with E-state index in [-0.39, 0.29) is 5.56 Å². The fourth-order valence-electron chi connectivity index (χ4n) is 3.61. The molecule has 104 valence electrons. The Hall–Kier alpha value is -1.88. The number of hydrogen-bond donors (Lipinski definition) is 1. The molecule has 0 spiro atoms. The summed E-state index contributed by atoms with van der Waals surface area (Å²) in [5, 5.41) is 7.67. The number of pyridine rings is 1. The highest BCUT2D eigenvalue weighted by Crippen LogP contribution is 2.33. The number of aromatic nitrogens is 3. The Morgan fingerprint density at radius 2 is 2.25 bits per heavy atom. The first-order chi connectivity index (χ1) is 9.72. The van der Waals surface area contributed by atoms with E-state index in [1.165, 1.54) is 12.1 Å². The molecule has 0 aliphatic carbocycles. The molecule has 1 saturated heterocycles. The molecule has 1 fully saturated rings. The molecule has 2 aliphatic rings. The highest BCUT2D eigenvalue weighted by atomic mass is 16.1. The van der Waals surface area contributed by atoms with Gasteiger partial charge in [-0.1, -0.05) is 0 Å². The Balaban J connectivity index is 1.88. The van der Waals surface area contributed by atoms with Crippen LogP contribution in [-0.4, -0.2) is 27.4 Å². The van der Waals surface area contributed by atoms with Crippen molar-refractivity contribution < 1.29 is 0 Å². The maximum atomic E-state index is 12.4. The zero-order valence-corrected chi connectivity index (χ0v) is 11.5. The molecule has 4 heterocycles. The lowest BCUT2D eigenvalue weighted by molar-refractivity contribution is 0.257. The van der Waals surface area contributed by atoms with Gasteiger partial charge in [-0.3, -0.25) is 9.48 Å². The normalized spacial score (nSPS) is 24.4. The molecule has 2 aliphatic heterocycles. The van der Waals surface area contributed by atoms with Crippen LogP contribution in [0.25, 0.3) is 11.3 Å². The molecule has 2 bridgehead atoms. The van der Waals surface area contributed by atoms with Crippen molar-refractivity contribution in [2.75, 3.05) is 13.1 Å². The number of aryl methyl sites for hydroxylation is 1. The summed E-state index contributed by atoms with van der Waals surface area (Å²) in [6.45, 7) is 2.86. The average molecular weight is 270 g/mol. The van der Waals surface area contributed by atoms with Gasteiger partial charge in [-0.15, -0.1) is 0 Å². The average Bonchev–Trinajstić information content (AvgIpc) is 2.86. The Labute approximate surface area is 117 Å². The molecule has 1 N–H and O–H groups in total. The molecule has 0 amide bonds. The van der Waals surface area contributed by atoms with E-state index in [1.807, 2.05) is 22.4 Å². The van der Waals surface area contributed by atoms with Crippen molar-refractivity contribution in [1.82, 2.24) is 19.7 Å². The van der Waals surface area contributed by atoms with Gasteiger partial charge in [0.2, 0.25) is 0 Å². The maximum Gasteiger partial charge on any atom is 0.251 e. The molecule has 0 aromatic carbocycles.